The summed E-state index contributed by atoms with van der Waals surface area (Å²) in [6.07, 6.45) is 0. The molecule has 0 spiro atoms. The van der Waals surface area contributed by atoms with Gasteiger partial charge in [-0.3, -0.25) is 9.59 Å². The maximum absolute atomic E-state index is 12.9. The average Bonchev–Trinajstić information content (AvgIpc) is 2.75. The number of carbonyl (C=O) groups excluding carboxylic acids is 2. The first-order chi connectivity index (χ1) is 15.7. The summed E-state index contributed by atoms with van der Waals surface area (Å²) in [4.78, 5) is 25.2. The minimum absolute atomic E-state index is 0.192. The second kappa shape index (κ2) is 12.3. The van der Waals surface area contributed by atoms with Gasteiger partial charge in [0, 0.05) is 22.2 Å². The third-order valence-electron chi connectivity index (χ3n) is 4.20. The number of Topliss-reactive ketones (excluding diaryl/α,β-unsaturated/α-hetero) is 1. The lowest BCUT2D eigenvalue weighted by atomic mass is 10.2. The third kappa shape index (κ3) is 6.72. The maximum atomic E-state index is 12.9. The summed E-state index contributed by atoms with van der Waals surface area (Å²) in [5, 5.41) is 11.2. The predicted octanol–water partition coefficient (Wildman–Crippen LogP) is 5.49. The van der Waals surface area contributed by atoms with Gasteiger partial charge >= 0.3 is 0 Å². The normalized spacial score (nSPS) is 11.7. The summed E-state index contributed by atoms with van der Waals surface area (Å²) < 4.78 is 21.7. The fraction of sp³-hybridized carbons (Fsp3) is 0.364. The molecule has 0 aliphatic heterocycles. The molecule has 0 radical (unpaired) electrons. The van der Waals surface area contributed by atoms with Crippen molar-refractivity contribution in [1.82, 2.24) is 0 Å². The number of methoxy groups -OCH3 is 2. The Kier molecular flexibility index (Phi) is 9.74. The van der Waals surface area contributed by atoms with Crippen LogP contribution in [0.3, 0.4) is 0 Å². The van der Waals surface area contributed by atoms with Gasteiger partial charge in [0.25, 0.3) is 5.91 Å². The van der Waals surface area contributed by atoms with Crippen LogP contribution in [0.2, 0.25) is 10.0 Å². The molecule has 2 rings (SSSR count). The van der Waals surface area contributed by atoms with Crippen LogP contribution in [0.5, 0.6) is 23.0 Å². The highest BCUT2D eigenvalue weighted by Gasteiger charge is 2.26. The number of rotatable bonds is 11. The predicted molar refractivity (Wildman–Crippen MR) is 126 cm³/mol. The van der Waals surface area contributed by atoms with Crippen molar-refractivity contribution >= 4 is 46.3 Å². The summed E-state index contributed by atoms with van der Waals surface area (Å²) >= 11 is 12.3. The van der Waals surface area contributed by atoms with Gasteiger partial charge in [-0.15, -0.1) is 0 Å². The van der Waals surface area contributed by atoms with Crippen molar-refractivity contribution in [3.8, 4) is 23.0 Å². The molecule has 2 aromatic rings. The molecule has 0 saturated carbocycles. The number of anilines is 1. The first-order valence-corrected chi connectivity index (χ1v) is 10.7. The van der Waals surface area contributed by atoms with Crippen molar-refractivity contribution in [1.29, 1.82) is 0 Å². The van der Waals surface area contributed by atoms with E-state index in [0.717, 1.165) is 0 Å². The smallest absolute Gasteiger partial charge is 0.258 e. The number of amides is 1. The molecular formula is C22H25Cl2N3O6. The number of ketones is 1. The number of nitrogens with one attached hydrogen (secondary N) is 1. The minimum Gasteiger partial charge on any atom is -0.493 e. The zero-order valence-corrected chi connectivity index (χ0v) is 20.4. The van der Waals surface area contributed by atoms with E-state index < -0.39 is 17.7 Å². The van der Waals surface area contributed by atoms with Crippen molar-refractivity contribution < 1.29 is 28.5 Å². The van der Waals surface area contributed by atoms with E-state index in [0.29, 0.717) is 34.8 Å². The highest BCUT2D eigenvalue weighted by molar-refractivity contribution is 6.31. The minimum atomic E-state index is -1.45. The molecule has 33 heavy (non-hydrogen) atoms. The SMILES string of the molecule is CCOc1cc(Cl)cc(NC(=O)C(N=Nc2cc(Cl)cc(OC)c2OC)C(C)=O)c1OCC. The topological polar surface area (TPSA) is 108 Å². The van der Waals surface area contributed by atoms with Crippen LogP contribution in [-0.2, 0) is 9.59 Å². The molecule has 1 amide bonds. The van der Waals surface area contributed by atoms with Gasteiger partial charge in [0.05, 0.1) is 33.1 Å². The molecule has 0 aliphatic carbocycles. The van der Waals surface area contributed by atoms with Gasteiger partial charge in [0.2, 0.25) is 6.04 Å². The Labute approximate surface area is 202 Å². The van der Waals surface area contributed by atoms with Crippen molar-refractivity contribution in [3.05, 3.63) is 34.3 Å². The highest BCUT2D eigenvalue weighted by Crippen LogP contribution is 2.41. The van der Waals surface area contributed by atoms with Gasteiger partial charge in [0.15, 0.2) is 28.8 Å². The van der Waals surface area contributed by atoms with Crippen molar-refractivity contribution in [2.24, 2.45) is 10.2 Å². The maximum Gasteiger partial charge on any atom is 0.258 e. The zero-order chi connectivity index (χ0) is 24.5. The summed E-state index contributed by atoms with van der Waals surface area (Å²) in [5.74, 6) is -0.0368. The van der Waals surface area contributed by atoms with Gasteiger partial charge in [-0.2, -0.15) is 10.2 Å². The molecule has 2 aromatic carbocycles. The van der Waals surface area contributed by atoms with Gasteiger partial charge < -0.3 is 24.3 Å². The number of benzene rings is 2. The summed E-state index contributed by atoms with van der Waals surface area (Å²) in [6, 6.07) is 4.63. The lowest BCUT2D eigenvalue weighted by Crippen LogP contribution is -2.32. The Hall–Kier alpha value is -3.04. The van der Waals surface area contributed by atoms with E-state index in [-0.39, 0.29) is 22.9 Å². The van der Waals surface area contributed by atoms with Gasteiger partial charge in [-0.1, -0.05) is 23.2 Å². The van der Waals surface area contributed by atoms with Crippen LogP contribution in [0.15, 0.2) is 34.5 Å². The lowest BCUT2D eigenvalue weighted by molar-refractivity contribution is -0.126. The quantitative estimate of drug-likeness (QED) is 0.324. The first-order valence-electron chi connectivity index (χ1n) is 9.98. The molecule has 0 fully saturated rings. The molecule has 1 unspecified atom stereocenters. The van der Waals surface area contributed by atoms with E-state index in [9.17, 15) is 9.59 Å². The summed E-state index contributed by atoms with van der Waals surface area (Å²) in [5.41, 5.74) is 0.429. The molecule has 0 heterocycles. The van der Waals surface area contributed by atoms with Gasteiger partial charge in [-0.05, 0) is 32.9 Å². The molecule has 178 valence electrons. The molecule has 0 aliphatic rings. The molecule has 0 saturated heterocycles. The van der Waals surface area contributed by atoms with Crippen LogP contribution in [0.1, 0.15) is 20.8 Å². The van der Waals surface area contributed by atoms with E-state index in [1.54, 1.807) is 26.0 Å². The summed E-state index contributed by atoms with van der Waals surface area (Å²) in [6.45, 7) is 5.50. The second-order valence-corrected chi connectivity index (χ2v) is 7.40. The van der Waals surface area contributed by atoms with Gasteiger partial charge in [-0.25, -0.2) is 0 Å². The number of hydrogen-bond donors (Lipinski definition) is 1. The Balaban J connectivity index is 2.40. The van der Waals surface area contributed by atoms with E-state index in [4.69, 9.17) is 42.1 Å². The van der Waals surface area contributed by atoms with Crippen LogP contribution >= 0.6 is 23.2 Å². The Morgan fingerprint density at radius 1 is 0.939 bits per heavy atom. The lowest BCUT2D eigenvalue weighted by Gasteiger charge is -2.17. The zero-order valence-electron chi connectivity index (χ0n) is 18.9. The molecule has 1 atom stereocenters. The molecular weight excluding hydrogens is 473 g/mol. The Morgan fingerprint density at radius 3 is 2.15 bits per heavy atom. The third-order valence-corrected chi connectivity index (χ3v) is 4.64. The van der Waals surface area contributed by atoms with Crippen LogP contribution in [0.25, 0.3) is 0 Å². The molecule has 1 N–H and O–H groups in total. The standard InChI is InChI=1S/C22H25Cl2N3O6/c1-6-32-18-11-13(23)8-15(21(18)33-7-2)25-22(29)19(12(3)28)27-26-16-9-14(24)10-17(30-4)20(16)31-5/h8-11,19H,6-7H2,1-5H3,(H,25,29). The van der Waals surface area contributed by atoms with Crippen molar-refractivity contribution in [2.75, 3.05) is 32.8 Å². The number of halogens is 2. The molecule has 0 aromatic heterocycles. The first kappa shape index (κ1) is 26.2. The van der Waals surface area contributed by atoms with Crippen LogP contribution in [-0.4, -0.2) is 45.2 Å². The van der Waals surface area contributed by atoms with E-state index in [1.807, 2.05) is 0 Å². The van der Waals surface area contributed by atoms with Crippen LogP contribution < -0.4 is 24.3 Å². The average molecular weight is 498 g/mol. The van der Waals surface area contributed by atoms with E-state index >= 15 is 0 Å². The number of azo groups is 1. The number of hydrogen-bond acceptors (Lipinski definition) is 8. The highest BCUT2D eigenvalue weighted by atomic mass is 35.5. The van der Waals surface area contributed by atoms with Crippen LogP contribution in [0, 0.1) is 0 Å². The number of ether oxygens (including phenoxy) is 4. The monoisotopic (exact) mass is 497 g/mol. The fourth-order valence-corrected chi connectivity index (χ4v) is 3.25. The Morgan fingerprint density at radius 2 is 1.58 bits per heavy atom. The van der Waals surface area contributed by atoms with E-state index in [2.05, 4.69) is 15.5 Å². The van der Waals surface area contributed by atoms with Crippen molar-refractivity contribution in [3.63, 3.8) is 0 Å². The summed E-state index contributed by atoms with van der Waals surface area (Å²) in [7, 11) is 2.86. The van der Waals surface area contributed by atoms with Crippen LogP contribution in [0.4, 0.5) is 11.4 Å². The number of carbonyl (C=O) groups is 2. The molecule has 11 heteroatoms. The number of nitrogens with zero attached hydrogens (tertiary/aromatic N) is 2. The fourth-order valence-electron chi connectivity index (χ4n) is 2.84. The largest absolute Gasteiger partial charge is 0.493 e. The van der Waals surface area contributed by atoms with E-state index in [1.165, 1.54) is 33.3 Å². The molecule has 9 nitrogen and oxygen atoms in total. The second-order valence-electron chi connectivity index (χ2n) is 6.52. The Bertz CT molecular complexity index is 1050. The molecule has 0 bridgehead atoms. The van der Waals surface area contributed by atoms with Crippen molar-refractivity contribution in [2.45, 2.75) is 26.8 Å². The van der Waals surface area contributed by atoms with Gasteiger partial charge in [0.1, 0.15) is 5.69 Å².